The first-order valence-electron chi connectivity index (χ1n) is 14.3. The van der Waals surface area contributed by atoms with Gasteiger partial charge in [0, 0.05) is 29.7 Å². The topological polar surface area (TPSA) is 106 Å². The van der Waals surface area contributed by atoms with Crippen LogP contribution in [0.15, 0.2) is 57.9 Å². The van der Waals surface area contributed by atoms with Gasteiger partial charge < -0.3 is 26.6 Å². The minimum absolute atomic E-state index is 0.0663. The van der Waals surface area contributed by atoms with Gasteiger partial charge in [-0.05, 0) is 95.2 Å². The van der Waals surface area contributed by atoms with Gasteiger partial charge in [-0.15, -0.1) is 0 Å². The zero-order valence-corrected chi connectivity index (χ0v) is 25.2. The lowest BCUT2D eigenvalue weighted by Gasteiger charge is -2.27. The summed E-state index contributed by atoms with van der Waals surface area (Å²) in [6, 6.07) is 6.29. The van der Waals surface area contributed by atoms with E-state index in [4.69, 9.17) is 10.5 Å². The number of ether oxygens (including phenoxy) is 1. The standard InChI is InChI=1S/C16H23NO2.C15H26N2.CH5N/c1-10-8-11(2)19-16(10)15(18)13-5-3-4-12-6-7-17-9-14(12)13;1-6-9-10-11-14(13(5)17-8-3)15(16)12(4)7-2;1-2/h3-5,10-11,15-18H,6-9H2,1-2H3;8,10-11H,6-7,9,16H2,1-5H3;2H2,1H3/b;11-10-,14-13-,15-12-,17-8?;. The van der Waals surface area contributed by atoms with Gasteiger partial charge >= 0.3 is 0 Å². The number of nitrogens with two attached hydrogens (primary N) is 2. The number of nitrogens with one attached hydrogen (secondary N) is 1. The van der Waals surface area contributed by atoms with Gasteiger partial charge in [0.15, 0.2) is 0 Å². The number of fused-ring (bicyclic) bond motifs is 1. The third-order valence-electron chi connectivity index (χ3n) is 7.20. The van der Waals surface area contributed by atoms with Crippen molar-refractivity contribution in [1.29, 1.82) is 0 Å². The molecule has 4 unspecified atom stereocenters. The number of aliphatic imine (C=N–C) groups is 1. The normalized spacial score (nSPS) is 23.1. The molecule has 1 aromatic carbocycles. The summed E-state index contributed by atoms with van der Waals surface area (Å²) < 4.78 is 5.91. The molecule has 0 amide bonds. The molecule has 0 bridgehead atoms. The van der Waals surface area contributed by atoms with Crippen LogP contribution in [0.5, 0.6) is 0 Å². The van der Waals surface area contributed by atoms with Gasteiger partial charge in [-0.2, -0.15) is 0 Å². The number of nitrogens with zero attached hydrogens (tertiary/aromatic N) is 1. The molecule has 6 heteroatoms. The van der Waals surface area contributed by atoms with E-state index in [-0.39, 0.29) is 12.2 Å². The highest BCUT2D eigenvalue weighted by molar-refractivity contribution is 5.57. The minimum Gasteiger partial charge on any atom is -0.398 e. The first-order chi connectivity index (χ1) is 18.2. The molecular weight excluding hydrogens is 472 g/mol. The van der Waals surface area contributed by atoms with E-state index in [9.17, 15) is 5.11 Å². The van der Waals surface area contributed by atoms with Crippen molar-refractivity contribution in [2.75, 3.05) is 13.6 Å². The summed E-state index contributed by atoms with van der Waals surface area (Å²) in [6.07, 6.45) is 11.0. The molecule has 6 N–H and O–H groups in total. The maximum absolute atomic E-state index is 10.7. The summed E-state index contributed by atoms with van der Waals surface area (Å²) in [5, 5.41) is 14.1. The second-order valence-corrected chi connectivity index (χ2v) is 10.1. The van der Waals surface area contributed by atoms with Crippen LogP contribution in [-0.2, 0) is 17.7 Å². The van der Waals surface area contributed by atoms with Crippen LogP contribution in [0.4, 0.5) is 0 Å². The van der Waals surface area contributed by atoms with Gasteiger partial charge in [-0.25, -0.2) is 0 Å². The van der Waals surface area contributed by atoms with E-state index < -0.39 is 6.10 Å². The van der Waals surface area contributed by atoms with Crippen LogP contribution in [0, 0.1) is 5.92 Å². The van der Waals surface area contributed by atoms with Crippen molar-refractivity contribution < 1.29 is 9.84 Å². The summed E-state index contributed by atoms with van der Waals surface area (Å²) in [6.45, 7) is 16.4. The molecule has 6 nitrogen and oxygen atoms in total. The Bertz CT molecular complexity index is 964. The largest absolute Gasteiger partial charge is 0.398 e. The molecule has 3 rings (SSSR count). The van der Waals surface area contributed by atoms with Gasteiger partial charge in [0.1, 0.15) is 6.10 Å². The molecule has 0 radical (unpaired) electrons. The molecule has 1 fully saturated rings. The average Bonchev–Trinajstić information content (AvgIpc) is 3.28. The highest BCUT2D eigenvalue weighted by atomic mass is 16.5. The lowest BCUT2D eigenvalue weighted by molar-refractivity contribution is -0.0418. The van der Waals surface area contributed by atoms with Gasteiger partial charge in [0.25, 0.3) is 0 Å². The average molecular weight is 527 g/mol. The Morgan fingerprint density at radius 1 is 1.24 bits per heavy atom. The number of benzene rings is 1. The molecule has 2 heterocycles. The van der Waals surface area contributed by atoms with Crippen molar-refractivity contribution >= 4 is 6.21 Å². The molecule has 0 aliphatic carbocycles. The Labute approximate surface area is 232 Å². The van der Waals surface area contributed by atoms with E-state index in [1.807, 2.05) is 13.8 Å². The monoisotopic (exact) mass is 526 g/mol. The lowest BCUT2D eigenvalue weighted by atomic mass is 9.88. The van der Waals surface area contributed by atoms with E-state index in [0.29, 0.717) is 5.92 Å². The van der Waals surface area contributed by atoms with Crippen LogP contribution >= 0.6 is 0 Å². The molecule has 2 aliphatic heterocycles. The zero-order valence-electron chi connectivity index (χ0n) is 25.2. The summed E-state index contributed by atoms with van der Waals surface area (Å²) in [5.41, 5.74) is 18.5. The van der Waals surface area contributed by atoms with Crippen molar-refractivity contribution in [1.82, 2.24) is 5.32 Å². The fourth-order valence-electron chi connectivity index (χ4n) is 4.95. The molecular formula is C32H54N4O2. The second kappa shape index (κ2) is 18.1. The number of aliphatic hydroxyl groups is 1. The van der Waals surface area contributed by atoms with E-state index >= 15 is 0 Å². The first-order valence-corrected chi connectivity index (χ1v) is 14.3. The van der Waals surface area contributed by atoms with Crippen molar-refractivity contribution in [2.24, 2.45) is 22.4 Å². The number of rotatable bonds is 8. The van der Waals surface area contributed by atoms with Crippen molar-refractivity contribution in [2.45, 2.75) is 105 Å². The van der Waals surface area contributed by atoms with E-state index in [2.05, 4.69) is 81.0 Å². The Hall–Kier alpha value is -2.25. The summed E-state index contributed by atoms with van der Waals surface area (Å²) in [4.78, 5) is 4.33. The molecule has 1 aromatic rings. The number of hydrogen-bond acceptors (Lipinski definition) is 6. The van der Waals surface area contributed by atoms with Gasteiger partial charge in [0.05, 0.1) is 12.2 Å². The number of aliphatic hydroxyl groups excluding tert-OH is 1. The summed E-state index contributed by atoms with van der Waals surface area (Å²) in [7, 11) is 1.50. The maximum atomic E-state index is 10.7. The fourth-order valence-corrected chi connectivity index (χ4v) is 4.95. The van der Waals surface area contributed by atoms with E-state index in [1.165, 1.54) is 23.7 Å². The van der Waals surface area contributed by atoms with E-state index in [1.54, 1.807) is 6.21 Å². The quantitative estimate of drug-likeness (QED) is 0.242. The van der Waals surface area contributed by atoms with Crippen LogP contribution in [0.3, 0.4) is 0 Å². The SMILES string of the molecule is CC1CC(C)C(C(O)c2cccc3c2CNCC3)O1.CC=N/C(C)=C(/C=C\CCC)C(\N)=C(/C)CC.CN. The molecule has 0 spiro atoms. The van der Waals surface area contributed by atoms with Crippen molar-refractivity contribution in [3.05, 3.63) is 69.6 Å². The summed E-state index contributed by atoms with van der Waals surface area (Å²) >= 11 is 0. The third kappa shape index (κ3) is 9.81. The zero-order chi connectivity index (χ0) is 28.7. The first kappa shape index (κ1) is 33.8. The number of allylic oxidation sites excluding steroid dienone is 4. The Morgan fingerprint density at radius 3 is 2.53 bits per heavy atom. The molecule has 4 atom stereocenters. The van der Waals surface area contributed by atoms with Crippen LogP contribution < -0.4 is 16.8 Å². The van der Waals surface area contributed by atoms with Crippen LogP contribution in [0.2, 0.25) is 0 Å². The minimum atomic E-state index is -0.505. The van der Waals surface area contributed by atoms with Gasteiger partial charge in [0.2, 0.25) is 0 Å². The van der Waals surface area contributed by atoms with E-state index in [0.717, 1.165) is 67.7 Å². The van der Waals surface area contributed by atoms with Crippen LogP contribution in [0.1, 0.15) is 96.9 Å². The lowest BCUT2D eigenvalue weighted by Crippen LogP contribution is -2.29. The number of unbranched alkanes of at least 4 members (excludes halogenated alkanes) is 1. The van der Waals surface area contributed by atoms with Crippen LogP contribution in [-0.4, -0.2) is 37.1 Å². The van der Waals surface area contributed by atoms with Crippen molar-refractivity contribution in [3.63, 3.8) is 0 Å². The highest BCUT2D eigenvalue weighted by Gasteiger charge is 2.36. The molecule has 2 aliphatic rings. The van der Waals surface area contributed by atoms with Crippen molar-refractivity contribution in [3.8, 4) is 0 Å². The predicted molar refractivity (Wildman–Crippen MR) is 163 cm³/mol. The number of hydrogen-bond donors (Lipinski definition) is 4. The molecule has 1 saturated heterocycles. The smallest absolute Gasteiger partial charge is 0.106 e. The summed E-state index contributed by atoms with van der Waals surface area (Å²) in [5.74, 6) is 0.414. The van der Waals surface area contributed by atoms with Gasteiger partial charge in [-0.3, -0.25) is 4.99 Å². The van der Waals surface area contributed by atoms with Gasteiger partial charge in [-0.1, -0.05) is 57.5 Å². The second-order valence-electron chi connectivity index (χ2n) is 10.1. The Kier molecular flexibility index (Phi) is 16.1. The predicted octanol–water partition coefficient (Wildman–Crippen LogP) is 6.10. The fraction of sp³-hybridized carbons (Fsp3) is 0.594. The molecule has 214 valence electrons. The molecule has 0 saturated carbocycles. The maximum Gasteiger partial charge on any atom is 0.106 e. The Morgan fingerprint density at radius 2 is 1.95 bits per heavy atom. The Balaban J connectivity index is 0.000000360. The third-order valence-corrected chi connectivity index (χ3v) is 7.20. The van der Waals surface area contributed by atoms with Crippen LogP contribution in [0.25, 0.3) is 0 Å². The highest BCUT2D eigenvalue weighted by Crippen LogP contribution is 2.36. The molecule has 38 heavy (non-hydrogen) atoms. The molecule has 0 aromatic heterocycles.